The Labute approximate surface area is 128 Å². The van der Waals surface area contributed by atoms with E-state index in [1.807, 2.05) is 20.8 Å². The zero-order valence-electron chi connectivity index (χ0n) is 14.2. The molecule has 2 rings (SSSR count). The third kappa shape index (κ3) is 3.27. The molecule has 0 aliphatic heterocycles. The van der Waals surface area contributed by atoms with Crippen LogP contribution in [0.2, 0.25) is 0 Å². The van der Waals surface area contributed by atoms with E-state index in [0.29, 0.717) is 18.3 Å². The van der Waals surface area contributed by atoms with E-state index in [1.165, 1.54) is 0 Å². The van der Waals surface area contributed by atoms with Crippen LogP contribution in [0.15, 0.2) is 0 Å². The van der Waals surface area contributed by atoms with E-state index in [2.05, 4.69) is 13.8 Å². The molecule has 0 N–H and O–H groups in total. The van der Waals surface area contributed by atoms with Crippen molar-refractivity contribution >= 4 is 5.97 Å². The van der Waals surface area contributed by atoms with Crippen LogP contribution in [0.4, 0.5) is 4.39 Å². The van der Waals surface area contributed by atoms with Crippen LogP contribution in [-0.2, 0) is 9.53 Å². The molecular weight excluding hydrogens is 267 g/mol. The molecule has 0 aromatic heterocycles. The Morgan fingerprint density at radius 2 is 1.71 bits per heavy atom. The van der Waals surface area contributed by atoms with Gasteiger partial charge in [-0.3, -0.25) is 4.79 Å². The molecule has 0 heterocycles. The first kappa shape index (κ1) is 16.8. The summed E-state index contributed by atoms with van der Waals surface area (Å²) in [6, 6.07) is 0. The zero-order chi connectivity index (χ0) is 15.8. The van der Waals surface area contributed by atoms with Crippen LogP contribution in [0.25, 0.3) is 0 Å². The Morgan fingerprint density at radius 1 is 1.19 bits per heavy atom. The fourth-order valence-corrected chi connectivity index (χ4v) is 4.06. The van der Waals surface area contributed by atoms with Crippen LogP contribution in [0.3, 0.4) is 0 Å². The van der Waals surface area contributed by atoms with Gasteiger partial charge in [-0.05, 0) is 49.9 Å². The Hall–Kier alpha value is -0.600. The lowest BCUT2D eigenvalue weighted by Gasteiger charge is -2.31. The van der Waals surface area contributed by atoms with E-state index in [9.17, 15) is 9.18 Å². The van der Waals surface area contributed by atoms with Crippen molar-refractivity contribution in [2.45, 2.75) is 79.0 Å². The molecule has 21 heavy (non-hydrogen) atoms. The highest BCUT2D eigenvalue weighted by molar-refractivity contribution is 5.82. The number of carbonyl (C=O) groups is 1. The van der Waals surface area contributed by atoms with Crippen LogP contribution in [0.1, 0.15) is 66.7 Å². The molecule has 122 valence electrons. The number of hydrogen-bond donors (Lipinski definition) is 0. The van der Waals surface area contributed by atoms with Gasteiger partial charge >= 0.3 is 5.97 Å². The van der Waals surface area contributed by atoms with Crippen molar-refractivity contribution in [3.8, 4) is 0 Å². The van der Waals surface area contributed by atoms with E-state index in [1.54, 1.807) is 0 Å². The molecule has 2 aliphatic rings. The van der Waals surface area contributed by atoms with Gasteiger partial charge in [-0.25, -0.2) is 4.39 Å². The summed E-state index contributed by atoms with van der Waals surface area (Å²) in [6.45, 7) is 10.4. The number of carbonyl (C=O) groups excluding carboxylic acids is 1. The summed E-state index contributed by atoms with van der Waals surface area (Å²) >= 11 is 0. The van der Waals surface area contributed by atoms with E-state index in [4.69, 9.17) is 4.74 Å². The highest BCUT2D eigenvalue weighted by Gasteiger charge is 2.69. The average molecular weight is 298 g/mol. The molecule has 0 aromatic carbocycles. The van der Waals surface area contributed by atoms with Crippen molar-refractivity contribution in [1.82, 2.24) is 0 Å². The number of rotatable bonds is 5. The zero-order valence-corrected chi connectivity index (χ0v) is 14.2. The molecule has 2 unspecified atom stereocenters. The fourth-order valence-electron chi connectivity index (χ4n) is 4.06. The summed E-state index contributed by atoms with van der Waals surface area (Å²) in [7, 11) is 0. The summed E-state index contributed by atoms with van der Waals surface area (Å²) in [4.78, 5) is 12.5. The number of esters is 1. The Bertz CT molecular complexity index is 361. The fraction of sp³-hybridized carbons (Fsp3) is 0.944. The van der Waals surface area contributed by atoms with Crippen molar-refractivity contribution < 1.29 is 13.9 Å². The smallest absolute Gasteiger partial charge is 0.315 e. The van der Waals surface area contributed by atoms with Gasteiger partial charge in [0.1, 0.15) is 17.7 Å². The second-order valence-electron chi connectivity index (χ2n) is 8.01. The van der Waals surface area contributed by atoms with Gasteiger partial charge in [-0.15, -0.1) is 0 Å². The van der Waals surface area contributed by atoms with Gasteiger partial charge in [0.15, 0.2) is 0 Å². The van der Waals surface area contributed by atoms with Gasteiger partial charge in [-0.2, -0.15) is 0 Å². The second kappa shape index (κ2) is 6.26. The summed E-state index contributed by atoms with van der Waals surface area (Å²) in [6.07, 6.45) is 3.74. The molecule has 0 radical (unpaired) electrons. The largest absolute Gasteiger partial charge is 0.462 e. The molecule has 3 atom stereocenters. The minimum absolute atomic E-state index is 0.0107. The standard InChI is InChI=1S/C18H31FO2/c1-11(2)10-18(13(5)16(18)19)17(20)21-15-8-6-14(7-9-15)12(3)4/h11-16H,6-10H2,1-5H3/t13?,14?,15?,16-,18?/m1/s1. The summed E-state index contributed by atoms with van der Waals surface area (Å²) < 4.78 is 19.8. The topological polar surface area (TPSA) is 26.3 Å². The maximum Gasteiger partial charge on any atom is 0.315 e. The average Bonchev–Trinajstić information content (AvgIpc) is 2.92. The maximum absolute atomic E-state index is 14.1. The van der Waals surface area contributed by atoms with Gasteiger partial charge < -0.3 is 4.74 Å². The monoisotopic (exact) mass is 298 g/mol. The Balaban J connectivity index is 1.90. The van der Waals surface area contributed by atoms with Gasteiger partial charge in [0.25, 0.3) is 0 Å². The number of alkyl halides is 1. The number of ether oxygens (including phenoxy) is 1. The minimum Gasteiger partial charge on any atom is -0.462 e. The van der Waals surface area contributed by atoms with Crippen LogP contribution < -0.4 is 0 Å². The van der Waals surface area contributed by atoms with Crippen molar-refractivity contribution in [3.63, 3.8) is 0 Å². The molecule has 0 bridgehead atoms. The first-order valence-electron chi connectivity index (χ1n) is 8.64. The lowest BCUT2D eigenvalue weighted by molar-refractivity contribution is -0.160. The lowest BCUT2D eigenvalue weighted by Crippen LogP contribution is -2.32. The predicted molar refractivity (Wildman–Crippen MR) is 82.6 cm³/mol. The SMILES string of the molecule is CC(C)CC1(C(=O)OC2CCC(C(C)C)CC2)C(C)[C@H]1F. The van der Waals surface area contributed by atoms with Gasteiger partial charge in [0.2, 0.25) is 0 Å². The minimum atomic E-state index is -1.01. The van der Waals surface area contributed by atoms with Crippen molar-refractivity contribution in [2.75, 3.05) is 0 Å². The third-order valence-electron chi connectivity index (χ3n) is 5.70. The van der Waals surface area contributed by atoms with Gasteiger partial charge in [0, 0.05) is 5.92 Å². The Kier molecular flexibility index (Phi) is 4.99. The predicted octanol–water partition coefficient (Wildman–Crippen LogP) is 4.76. The summed E-state index contributed by atoms with van der Waals surface area (Å²) in [5.74, 6) is 1.31. The molecule has 2 nitrogen and oxygen atoms in total. The molecule has 0 amide bonds. The van der Waals surface area contributed by atoms with Crippen molar-refractivity contribution in [1.29, 1.82) is 0 Å². The van der Waals surface area contributed by atoms with Crippen molar-refractivity contribution in [2.24, 2.45) is 29.1 Å². The van der Waals surface area contributed by atoms with Crippen LogP contribution in [0, 0.1) is 29.1 Å². The van der Waals surface area contributed by atoms with Crippen molar-refractivity contribution in [3.05, 3.63) is 0 Å². The number of halogens is 1. The quantitative estimate of drug-likeness (QED) is 0.684. The van der Waals surface area contributed by atoms with Gasteiger partial charge in [0.05, 0.1) is 0 Å². The third-order valence-corrected chi connectivity index (χ3v) is 5.70. The maximum atomic E-state index is 14.1. The first-order chi connectivity index (χ1) is 9.79. The highest BCUT2D eigenvalue weighted by atomic mass is 19.1. The van der Waals surface area contributed by atoms with Crippen LogP contribution in [-0.4, -0.2) is 18.2 Å². The molecular formula is C18H31FO2. The lowest BCUT2D eigenvalue weighted by atomic mass is 9.80. The molecule has 2 saturated carbocycles. The van der Waals surface area contributed by atoms with Gasteiger partial charge in [-0.1, -0.05) is 34.6 Å². The highest BCUT2D eigenvalue weighted by Crippen LogP contribution is 2.59. The number of hydrogen-bond acceptors (Lipinski definition) is 2. The molecule has 2 fully saturated rings. The molecule has 0 aromatic rings. The molecule has 0 saturated heterocycles. The molecule has 0 spiro atoms. The molecule has 2 aliphatic carbocycles. The summed E-state index contributed by atoms with van der Waals surface area (Å²) in [5, 5.41) is 0. The van der Waals surface area contributed by atoms with E-state index >= 15 is 0 Å². The molecule has 3 heteroatoms. The van der Waals surface area contributed by atoms with Crippen LogP contribution in [0.5, 0.6) is 0 Å². The van der Waals surface area contributed by atoms with E-state index in [-0.39, 0.29) is 18.0 Å². The Morgan fingerprint density at radius 3 is 2.10 bits per heavy atom. The van der Waals surface area contributed by atoms with Crippen LogP contribution >= 0.6 is 0 Å². The second-order valence-corrected chi connectivity index (χ2v) is 8.01. The normalized spacial score (nSPS) is 39.6. The van der Waals surface area contributed by atoms with E-state index < -0.39 is 11.6 Å². The summed E-state index contributed by atoms with van der Waals surface area (Å²) in [5.41, 5.74) is -0.844. The van der Waals surface area contributed by atoms with E-state index in [0.717, 1.165) is 31.6 Å². The first-order valence-corrected chi connectivity index (χ1v) is 8.64.